The summed E-state index contributed by atoms with van der Waals surface area (Å²) in [4.78, 5) is 29.4. The fraction of sp³-hybridized carbons (Fsp3) is 0.355. The molecular weight excluding hydrogens is 462 g/mol. The molecule has 1 aliphatic heterocycles. The van der Waals surface area contributed by atoms with E-state index in [0.29, 0.717) is 23.6 Å². The number of likely N-dealkylation sites (N-methyl/N-ethyl adjacent to an activating group) is 1. The minimum atomic E-state index is -0.583. The largest absolute Gasteiger partial charge is 0.492 e. The third-order valence-electron chi connectivity index (χ3n) is 7.24. The van der Waals surface area contributed by atoms with Crippen molar-refractivity contribution in [3.8, 4) is 5.75 Å². The lowest BCUT2D eigenvalue weighted by atomic mass is 9.78. The average Bonchev–Trinajstić information content (AvgIpc) is 3.18. The number of benzene rings is 2. The predicted molar refractivity (Wildman–Crippen MR) is 148 cm³/mol. The molecule has 0 saturated heterocycles. The van der Waals surface area contributed by atoms with Gasteiger partial charge in [0.05, 0.1) is 24.3 Å². The molecule has 1 N–H and O–H groups in total. The average molecular weight is 500 g/mol. The molecule has 0 radical (unpaired) electrons. The number of aryl methyl sites for hydroxylation is 1. The second kappa shape index (κ2) is 11.5. The second-order valence-electron chi connectivity index (χ2n) is 9.52. The van der Waals surface area contributed by atoms with Gasteiger partial charge in [-0.15, -0.1) is 0 Å². The standard InChI is InChI=1S/C31H37N3O3/c1-6-8-9-10-15-22-21(3)33(4)20-25(22)29-28(23-16-11-12-17-24(23)31(36)34(29)5)30(35)32-26-18-13-14-19-27(26)37-7-2/h8-9,11-14,16-20,28-29H,6-7,10,15H2,1-5H3,(H,32,35)/b9-8-. The quantitative estimate of drug-likeness (QED) is 0.358. The monoisotopic (exact) mass is 499 g/mol. The Bertz CT molecular complexity index is 1310. The van der Waals surface area contributed by atoms with E-state index in [4.69, 9.17) is 4.74 Å². The highest BCUT2D eigenvalue weighted by Crippen LogP contribution is 2.45. The zero-order chi connectivity index (χ0) is 26.5. The summed E-state index contributed by atoms with van der Waals surface area (Å²) in [5.41, 5.74) is 5.31. The highest BCUT2D eigenvalue weighted by atomic mass is 16.5. The Labute approximate surface area is 219 Å². The van der Waals surface area contributed by atoms with Crippen LogP contribution in [0.4, 0.5) is 5.69 Å². The Morgan fingerprint density at radius 3 is 2.51 bits per heavy atom. The first-order chi connectivity index (χ1) is 17.9. The Hall–Kier alpha value is -3.80. The van der Waals surface area contributed by atoms with Gasteiger partial charge in [0.15, 0.2) is 0 Å². The number of carbonyl (C=O) groups is 2. The van der Waals surface area contributed by atoms with Crippen LogP contribution in [0.25, 0.3) is 0 Å². The van der Waals surface area contributed by atoms with Gasteiger partial charge in [-0.2, -0.15) is 0 Å². The number of nitrogens with zero attached hydrogens (tertiary/aromatic N) is 2. The molecule has 2 aromatic carbocycles. The van der Waals surface area contributed by atoms with Gasteiger partial charge in [0, 0.05) is 31.5 Å². The Kier molecular flexibility index (Phi) is 8.17. The summed E-state index contributed by atoms with van der Waals surface area (Å²) < 4.78 is 7.86. The van der Waals surface area contributed by atoms with Crippen LogP contribution in [0.3, 0.4) is 0 Å². The molecule has 0 fully saturated rings. The number of aromatic nitrogens is 1. The molecule has 2 amide bonds. The smallest absolute Gasteiger partial charge is 0.254 e. The van der Waals surface area contributed by atoms with Crippen molar-refractivity contribution in [2.45, 2.75) is 52.0 Å². The number of amides is 2. The molecule has 1 aromatic heterocycles. The van der Waals surface area contributed by atoms with E-state index in [1.165, 1.54) is 5.56 Å². The van der Waals surface area contributed by atoms with Gasteiger partial charge in [0.25, 0.3) is 5.91 Å². The van der Waals surface area contributed by atoms with Crippen LogP contribution in [0.5, 0.6) is 5.75 Å². The maximum atomic E-state index is 14.1. The van der Waals surface area contributed by atoms with Crippen LogP contribution in [-0.2, 0) is 18.3 Å². The van der Waals surface area contributed by atoms with E-state index in [-0.39, 0.29) is 11.8 Å². The van der Waals surface area contributed by atoms with E-state index in [1.54, 1.807) is 11.9 Å². The summed E-state index contributed by atoms with van der Waals surface area (Å²) in [6, 6.07) is 14.5. The van der Waals surface area contributed by atoms with Crippen LogP contribution in [-0.4, -0.2) is 34.9 Å². The van der Waals surface area contributed by atoms with Crippen LogP contribution in [0.2, 0.25) is 0 Å². The molecule has 0 aliphatic carbocycles. The van der Waals surface area contributed by atoms with E-state index in [2.05, 4.69) is 42.1 Å². The maximum Gasteiger partial charge on any atom is 0.254 e. The molecule has 2 heterocycles. The summed E-state index contributed by atoms with van der Waals surface area (Å²) >= 11 is 0. The van der Waals surface area contributed by atoms with Crippen molar-refractivity contribution in [2.24, 2.45) is 7.05 Å². The summed E-state index contributed by atoms with van der Waals surface area (Å²) in [7, 11) is 3.83. The van der Waals surface area contributed by atoms with Gasteiger partial charge in [-0.25, -0.2) is 0 Å². The summed E-state index contributed by atoms with van der Waals surface area (Å²) in [5.74, 6) is -0.192. The number of rotatable bonds is 9. The van der Waals surface area contributed by atoms with Crippen molar-refractivity contribution in [3.05, 3.63) is 94.8 Å². The Morgan fingerprint density at radius 1 is 1.03 bits per heavy atom. The number of para-hydroxylation sites is 2. The van der Waals surface area contributed by atoms with Gasteiger partial charge >= 0.3 is 0 Å². The fourth-order valence-electron chi connectivity index (χ4n) is 5.30. The molecule has 194 valence electrons. The number of hydrogen-bond acceptors (Lipinski definition) is 3. The van der Waals surface area contributed by atoms with Crippen molar-refractivity contribution in [1.82, 2.24) is 9.47 Å². The van der Waals surface area contributed by atoms with E-state index < -0.39 is 12.0 Å². The number of allylic oxidation sites excluding steroid dienone is 2. The van der Waals surface area contributed by atoms with E-state index >= 15 is 0 Å². The van der Waals surface area contributed by atoms with E-state index in [1.807, 2.05) is 62.5 Å². The summed E-state index contributed by atoms with van der Waals surface area (Å²) in [6.45, 7) is 6.65. The van der Waals surface area contributed by atoms with Crippen LogP contribution in [0, 0.1) is 6.92 Å². The number of nitrogens with one attached hydrogen (secondary N) is 1. The molecule has 37 heavy (non-hydrogen) atoms. The van der Waals surface area contributed by atoms with Gasteiger partial charge in [-0.05, 0) is 68.0 Å². The molecule has 3 aromatic rings. The van der Waals surface area contributed by atoms with Gasteiger partial charge in [-0.3, -0.25) is 9.59 Å². The SMILES string of the molecule is CC/C=C\CCc1c(C2C(C(=O)Nc3ccccc3OCC)c3ccccc3C(=O)N2C)cn(C)c1C. The zero-order valence-corrected chi connectivity index (χ0v) is 22.5. The Balaban J connectivity index is 1.81. The normalized spacial score (nSPS) is 17.2. The molecule has 2 unspecified atom stereocenters. The topological polar surface area (TPSA) is 63.6 Å². The lowest BCUT2D eigenvalue weighted by Crippen LogP contribution is -2.44. The van der Waals surface area contributed by atoms with Gasteiger partial charge in [0.1, 0.15) is 5.75 Å². The number of hydrogen-bond donors (Lipinski definition) is 1. The van der Waals surface area contributed by atoms with E-state index in [0.717, 1.165) is 36.1 Å². The first-order valence-corrected chi connectivity index (χ1v) is 13.1. The number of ether oxygens (including phenoxy) is 1. The minimum Gasteiger partial charge on any atom is -0.492 e. The molecular formula is C31H37N3O3. The van der Waals surface area contributed by atoms with Gasteiger partial charge in [0.2, 0.25) is 5.91 Å². The van der Waals surface area contributed by atoms with Crippen molar-refractivity contribution in [2.75, 3.05) is 19.0 Å². The lowest BCUT2D eigenvalue weighted by Gasteiger charge is -2.40. The Morgan fingerprint density at radius 2 is 1.76 bits per heavy atom. The second-order valence-corrected chi connectivity index (χ2v) is 9.52. The third-order valence-corrected chi connectivity index (χ3v) is 7.24. The highest BCUT2D eigenvalue weighted by molar-refractivity contribution is 6.04. The zero-order valence-electron chi connectivity index (χ0n) is 22.5. The first-order valence-electron chi connectivity index (χ1n) is 13.1. The number of anilines is 1. The van der Waals surface area contributed by atoms with Gasteiger partial charge < -0.3 is 19.5 Å². The molecule has 4 rings (SSSR count). The van der Waals surface area contributed by atoms with Crippen LogP contribution < -0.4 is 10.1 Å². The molecule has 6 nitrogen and oxygen atoms in total. The third kappa shape index (κ3) is 5.19. The van der Waals surface area contributed by atoms with Crippen molar-refractivity contribution >= 4 is 17.5 Å². The minimum absolute atomic E-state index is 0.0716. The van der Waals surface area contributed by atoms with Crippen molar-refractivity contribution in [3.63, 3.8) is 0 Å². The molecule has 0 bridgehead atoms. The molecule has 0 spiro atoms. The number of carbonyl (C=O) groups excluding carboxylic acids is 2. The number of fused-ring (bicyclic) bond motifs is 1. The van der Waals surface area contributed by atoms with Crippen molar-refractivity contribution < 1.29 is 14.3 Å². The lowest BCUT2D eigenvalue weighted by molar-refractivity contribution is -0.119. The fourth-order valence-corrected chi connectivity index (χ4v) is 5.30. The molecule has 6 heteroatoms. The summed E-state index contributed by atoms with van der Waals surface area (Å²) in [5, 5.41) is 3.12. The van der Waals surface area contributed by atoms with Crippen molar-refractivity contribution in [1.29, 1.82) is 0 Å². The van der Waals surface area contributed by atoms with Crippen LogP contribution in [0.1, 0.15) is 71.4 Å². The van der Waals surface area contributed by atoms with Crippen LogP contribution >= 0.6 is 0 Å². The molecule has 1 aliphatic rings. The summed E-state index contributed by atoms with van der Waals surface area (Å²) in [6.07, 6.45) is 9.23. The van der Waals surface area contributed by atoms with E-state index in [9.17, 15) is 9.59 Å². The molecule has 0 saturated carbocycles. The predicted octanol–water partition coefficient (Wildman–Crippen LogP) is 6.18. The maximum absolute atomic E-state index is 14.1. The van der Waals surface area contributed by atoms with Crippen LogP contribution in [0.15, 0.2) is 66.9 Å². The molecule has 2 atom stereocenters. The van der Waals surface area contributed by atoms with Gasteiger partial charge in [-0.1, -0.05) is 49.4 Å². The highest BCUT2D eigenvalue weighted by Gasteiger charge is 2.44. The first kappa shape index (κ1) is 26.3.